The van der Waals surface area contributed by atoms with Gasteiger partial charge in [0.1, 0.15) is 17.8 Å². The zero-order chi connectivity index (χ0) is 30.2. The molecule has 0 radical (unpaired) electrons. The van der Waals surface area contributed by atoms with Gasteiger partial charge in [0, 0.05) is 0 Å². The first-order valence-electron chi connectivity index (χ1n) is 16.3. The molecule has 0 fully saturated rings. The quantitative estimate of drug-likeness (QED) is 0.0498. The molecule has 7 heteroatoms. The van der Waals surface area contributed by atoms with E-state index in [-0.39, 0.29) is 24.1 Å². The Labute approximate surface area is 245 Å². The van der Waals surface area contributed by atoms with Crippen molar-refractivity contribution in [3.05, 3.63) is 12.2 Å². The van der Waals surface area contributed by atoms with Crippen LogP contribution in [0.25, 0.3) is 0 Å². The van der Waals surface area contributed by atoms with E-state index in [0.717, 1.165) is 32.1 Å². The van der Waals surface area contributed by atoms with Crippen LogP contribution in [-0.4, -0.2) is 63.9 Å². The lowest BCUT2D eigenvalue weighted by Gasteiger charge is -2.43. The van der Waals surface area contributed by atoms with E-state index < -0.39 is 35.7 Å². The largest absolute Gasteiger partial charge is 0.481 e. The summed E-state index contributed by atoms with van der Waals surface area (Å²) in [4.78, 5) is 35.9. The molecule has 0 aromatic heterocycles. The molecule has 3 N–H and O–H groups in total. The van der Waals surface area contributed by atoms with Crippen molar-refractivity contribution in [2.24, 2.45) is 17.8 Å². The first kappa shape index (κ1) is 38.1. The molecule has 3 unspecified atom stereocenters. The van der Waals surface area contributed by atoms with Gasteiger partial charge >= 0.3 is 17.9 Å². The summed E-state index contributed by atoms with van der Waals surface area (Å²) in [7, 11) is 0. The first-order valence-corrected chi connectivity index (χ1v) is 16.3. The van der Waals surface area contributed by atoms with Crippen LogP contribution in [0.5, 0.6) is 0 Å². The minimum Gasteiger partial charge on any atom is -0.481 e. The molecule has 0 bridgehead atoms. The summed E-state index contributed by atoms with van der Waals surface area (Å²) in [5.41, 5.74) is 0. The summed E-state index contributed by atoms with van der Waals surface area (Å²) in [5, 5.41) is 29.4. The summed E-state index contributed by atoms with van der Waals surface area (Å²) in [6, 6.07) is 0. The van der Waals surface area contributed by atoms with Crippen molar-refractivity contribution < 1.29 is 34.2 Å². The van der Waals surface area contributed by atoms with Gasteiger partial charge in [-0.2, -0.15) is 0 Å². The molecule has 0 saturated heterocycles. The molecule has 0 aromatic rings. The lowest BCUT2D eigenvalue weighted by molar-refractivity contribution is -0.935. The van der Waals surface area contributed by atoms with Gasteiger partial charge in [-0.3, -0.25) is 14.4 Å². The Morgan fingerprint density at radius 3 is 1.18 bits per heavy atom. The standard InChI is InChI=1S/C33H61NO6/c1-5-9-10-11-12-13-14-15-16-17-18-19-20-21-22-23-24-34(25-28(6-2)31(35)36,26-29(7-3)32(37)38)27-30(8-4)33(39)40/h15-16,28-30H,5-14,17-27H2,1-4H3,(H2-,35,36,37,38,39,40)/p+1/b16-15+. The van der Waals surface area contributed by atoms with Gasteiger partial charge in [-0.15, -0.1) is 0 Å². The average molecular weight is 569 g/mol. The highest BCUT2D eigenvalue weighted by Crippen LogP contribution is 2.25. The molecule has 0 rings (SSSR count). The lowest BCUT2D eigenvalue weighted by Crippen LogP contribution is -2.58. The maximum atomic E-state index is 12.0. The van der Waals surface area contributed by atoms with Crippen LogP contribution in [0, 0.1) is 17.8 Å². The summed E-state index contributed by atoms with van der Waals surface area (Å²) in [6.07, 6.45) is 22.8. The fourth-order valence-electron chi connectivity index (χ4n) is 5.74. The molecule has 3 atom stereocenters. The Bertz CT molecular complexity index is 647. The monoisotopic (exact) mass is 568 g/mol. The highest BCUT2D eigenvalue weighted by molar-refractivity contribution is 5.71. The SMILES string of the molecule is CCCCCCCC/C=C/CCCCCCCC[N+](CC(CC)C(=O)O)(CC(CC)C(=O)O)CC(CC)C(=O)O. The van der Waals surface area contributed by atoms with E-state index in [2.05, 4.69) is 19.1 Å². The number of rotatable bonds is 28. The second-order valence-electron chi connectivity index (χ2n) is 11.9. The number of quaternary nitrogens is 1. The maximum absolute atomic E-state index is 12.0. The van der Waals surface area contributed by atoms with Crippen molar-refractivity contribution in [1.29, 1.82) is 0 Å². The van der Waals surface area contributed by atoms with E-state index in [4.69, 9.17) is 0 Å². The molecule has 40 heavy (non-hydrogen) atoms. The van der Waals surface area contributed by atoms with Gasteiger partial charge in [-0.25, -0.2) is 0 Å². The van der Waals surface area contributed by atoms with E-state index in [1.807, 2.05) is 20.8 Å². The average Bonchev–Trinajstić information content (AvgIpc) is 2.92. The molecule has 234 valence electrons. The topological polar surface area (TPSA) is 112 Å². The van der Waals surface area contributed by atoms with Gasteiger partial charge in [-0.1, -0.05) is 91.2 Å². The highest BCUT2D eigenvalue weighted by Gasteiger charge is 2.40. The zero-order valence-corrected chi connectivity index (χ0v) is 26.2. The fourth-order valence-corrected chi connectivity index (χ4v) is 5.74. The van der Waals surface area contributed by atoms with Gasteiger partial charge in [-0.05, 0) is 57.8 Å². The van der Waals surface area contributed by atoms with Crippen LogP contribution < -0.4 is 0 Å². The number of allylic oxidation sites excluding steroid dienone is 2. The molecule has 0 amide bonds. The third-order valence-corrected chi connectivity index (χ3v) is 8.49. The van der Waals surface area contributed by atoms with Crippen molar-refractivity contribution in [1.82, 2.24) is 0 Å². The molecule has 0 saturated carbocycles. The predicted molar refractivity (Wildman–Crippen MR) is 163 cm³/mol. The van der Waals surface area contributed by atoms with E-state index in [9.17, 15) is 29.7 Å². The van der Waals surface area contributed by atoms with Crippen LogP contribution in [0.4, 0.5) is 0 Å². The Hall–Kier alpha value is -1.89. The third-order valence-electron chi connectivity index (χ3n) is 8.49. The van der Waals surface area contributed by atoms with Gasteiger partial charge < -0.3 is 19.8 Å². The Balaban J connectivity index is 4.90. The predicted octanol–water partition coefficient (Wildman–Crippen LogP) is 8.17. The highest BCUT2D eigenvalue weighted by atomic mass is 16.4. The number of hydrogen-bond acceptors (Lipinski definition) is 3. The molecule has 0 aliphatic carbocycles. The Kier molecular flexibility index (Phi) is 22.7. The number of unbranched alkanes of at least 4 members (excludes halogenated alkanes) is 12. The number of carboxylic acid groups (broad SMARTS) is 3. The maximum Gasteiger partial charge on any atom is 0.312 e. The van der Waals surface area contributed by atoms with Crippen LogP contribution in [-0.2, 0) is 14.4 Å². The van der Waals surface area contributed by atoms with Crippen LogP contribution >= 0.6 is 0 Å². The van der Waals surface area contributed by atoms with Crippen molar-refractivity contribution in [3.63, 3.8) is 0 Å². The van der Waals surface area contributed by atoms with Crippen LogP contribution in [0.1, 0.15) is 137 Å². The van der Waals surface area contributed by atoms with E-state index in [1.54, 1.807) is 0 Å². The van der Waals surface area contributed by atoms with Crippen molar-refractivity contribution in [2.75, 3.05) is 26.2 Å². The molecule has 0 heterocycles. The van der Waals surface area contributed by atoms with Crippen LogP contribution in [0.15, 0.2) is 12.2 Å². The van der Waals surface area contributed by atoms with Gasteiger partial charge in [0.25, 0.3) is 0 Å². The molecule has 0 aliphatic rings. The molecular weight excluding hydrogens is 506 g/mol. The van der Waals surface area contributed by atoms with E-state index in [0.29, 0.717) is 25.8 Å². The smallest absolute Gasteiger partial charge is 0.312 e. The van der Waals surface area contributed by atoms with Gasteiger partial charge in [0.15, 0.2) is 0 Å². The first-order chi connectivity index (χ1) is 19.2. The molecule has 0 spiro atoms. The summed E-state index contributed by atoms with van der Waals surface area (Å²) < 4.78 is 0.254. The number of carbonyl (C=O) groups is 3. The van der Waals surface area contributed by atoms with Crippen molar-refractivity contribution >= 4 is 17.9 Å². The zero-order valence-electron chi connectivity index (χ0n) is 26.2. The van der Waals surface area contributed by atoms with Gasteiger partial charge in [0.05, 0.1) is 26.2 Å². The number of nitrogens with zero attached hydrogens (tertiary/aromatic N) is 1. The van der Waals surface area contributed by atoms with Crippen molar-refractivity contribution in [2.45, 2.75) is 137 Å². The second kappa shape index (κ2) is 23.8. The number of hydrogen-bond donors (Lipinski definition) is 3. The van der Waals surface area contributed by atoms with Crippen LogP contribution in [0.2, 0.25) is 0 Å². The Morgan fingerprint density at radius 2 is 0.850 bits per heavy atom. The minimum absolute atomic E-state index is 0.254. The third kappa shape index (κ3) is 17.7. The summed E-state index contributed by atoms with van der Waals surface area (Å²) in [5.74, 6) is -4.53. The van der Waals surface area contributed by atoms with Crippen LogP contribution in [0.3, 0.4) is 0 Å². The minimum atomic E-state index is -0.891. The molecule has 0 aliphatic heterocycles. The van der Waals surface area contributed by atoms with Gasteiger partial charge in [0.2, 0.25) is 0 Å². The fraction of sp³-hybridized carbons (Fsp3) is 0.848. The van der Waals surface area contributed by atoms with E-state index >= 15 is 0 Å². The normalized spacial score (nSPS) is 15.5. The molecule has 7 nitrogen and oxygen atoms in total. The molecular formula is C33H62NO6+. The summed E-state index contributed by atoms with van der Waals surface area (Å²) in [6.45, 7) is 9.22. The summed E-state index contributed by atoms with van der Waals surface area (Å²) >= 11 is 0. The number of carboxylic acids is 3. The van der Waals surface area contributed by atoms with E-state index in [1.165, 1.54) is 57.8 Å². The lowest BCUT2D eigenvalue weighted by atomic mass is 9.95. The molecule has 0 aromatic carbocycles. The number of aliphatic carboxylic acids is 3. The van der Waals surface area contributed by atoms with Crippen molar-refractivity contribution in [3.8, 4) is 0 Å². The Morgan fingerprint density at radius 1 is 0.525 bits per heavy atom. The second-order valence-corrected chi connectivity index (χ2v) is 11.9.